The summed E-state index contributed by atoms with van der Waals surface area (Å²) in [6, 6.07) is 11.2. The Morgan fingerprint density at radius 2 is 1.88 bits per heavy atom. The molecule has 5 rings (SSSR count). The molecule has 1 unspecified atom stereocenters. The number of nitrogens with zero attached hydrogens (tertiary/aromatic N) is 1. The van der Waals surface area contributed by atoms with Crippen LogP contribution in [0.2, 0.25) is 5.02 Å². The minimum atomic E-state index is -0.680. The Labute approximate surface area is 194 Å². The summed E-state index contributed by atoms with van der Waals surface area (Å²) in [5.41, 5.74) is 1.98. The third kappa shape index (κ3) is 3.94. The Balaban J connectivity index is 1.27. The Morgan fingerprint density at radius 3 is 2.55 bits per heavy atom. The molecule has 3 N–H and O–H groups in total. The van der Waals surface area contributed by atoms with Crippen LogP contribution < -0.4 is 16.0 Å². The first-order chi connectivity index (χ1) is 15.8. The Hall–Kier alpha value is -3.43. The van der Waals surface area contributed by atoms with Crippen LogP contribution in [0, 0.1) is 0 Å². The number of halogens is 1. The van der Waals surface area contributed by atoms with Gasteiger partial charge in [0.25, 0.3) is 5.91 Å². The normalized spacial score (nSPS) is 21.2. The van der Waals surface area contributed by atoms with Crippen LogP contribution in [0.1, 0.15) is 34.3 Å². The molecule has 2 aromatic carbocycles. The van der Waals surface area contributed by atoms with Crippen molar-refractivity contribution in [2.45, 2.75) is 31.0 Å². The maximum Gasteiger partial charge on any atom is 0.320 e. The van der Waals surface area contributed by atoms with E-state index in [1.165, 1.54) is 4.90 Å². The third-order valence-electron chi connectivity index (χ3n) is 6.23. The zero-order valence-electron chi connectivity index (χ0n) is 17.5. The van der Waals surface area contributed by atoms with E-state index in [9.17, 15) is 19.2 Å². The molecule has 5 amide bonds. The predicted molar refractivity (Wildman–Crippen MR) is 119 cm³/mol. The van der Waals surface area contributed by atoms with Gasteiger partial charge in [0.05, 0.1) is 13.2 Å². The number of hydrogen-bond donors (Lipinski definition) is 3. The first kappa shape index (κ1) is 21.4. The second kappa shape index (κ2) is 8.17. The van der Waals surface area contributed by atoms with Crippen LogP contribution in [-0.2, 0) is 26.4 Å². The second-order valence-corrected chi connectivity index (χ2v) is 8.87. The Bertz CT molecular complexity index is 1160. The zero-order chi connectivity index (χ0) is 23.2. The molecule has 2 fully saturated rings. The van der Waals surface area contributed by atoms with Gasteiger partial charge >= 0.3 is 6.03 Å². The minimum Gasteiger partial charge on any atom is -0.376 e. The summed E-state index contributed by atoms with van der Waals surface area (Å²) >= 11 is 5.97. The zero-order valence-corrected chi connectivity index (χ0v) is 18.3. The van der Waals surface area contributed by atoms with E-state index in [1.54, 1.807) is 30.3 Å². The molecule has 0 radical (unpaired) electrons. The van der Waals surface area contributed by atoms with E-state index < -0.39 is 23.5 Å². The van der Waals surface area contributed by atoms with Gasteiger partial charge in [0.15, 0.2) is 0 Å². The van der Waals surface area contributed by atoms with Crippen LogP contribution >= 0.6 is 11.6 Å². The minimum absolute atomic E-state index is 0.197. The van der Waals surface area contributed by atoms with Crippen LogP contribution in [0.4, 0.5) is 10.5 Å². The summed E-state index contributed by atoms with van der Waals surface area (Å²) in [5, 5.41) is 8.69. The van der Waals surface area contributed by atoms with Gasteiger partial charge in [-0.15, -0.1) is 0 Å². The fraction of sp³-hybridized carbons (Fsp3) is 0.304. The third-order valence-corrected chi connectivity index (χ3v) is 6.48. The molecule has 0 aliphatic carbocycles. The number of nitrogens with one attached hydrogen (secondary N) is 3. The Kier molecular flexibility index (Phi) is 5.30. The smallest absolute Gasteiger partial charge is 0.320 e. The lowest BCUT2D eigenvalue weighted by atomic mass is 9.88. The lowest BCUT2D eigenvalue weighted by Gasteiger charge is -2.42. The van der Waals surface area contributed by atoms with E-state index in [1.807, 2.05) is 12.1 Å². The van der Waals surface area contributed by atoms with Crippen molar-refractivity contribution in [1.82, 2.24) is 15.5 Å². The van der Waals surface area contributed by atoms with Gasteiger partial charge in [-0.25, -0.2) is 4.79 Å². The van der Waals surface area contributed by atoms with E-state index in [-0.39, 0.29) is 24.8 Å². The topological polar surface area (TPSA) is 117 Å². The molecule has 10 heteroatoms. The average Bonchev–Trinajstić information content (AvgIpc) is 3.07. The number of imide groups is 1. The number of urea groups is 1. The molecule has 0 aromatic heterocycles. The van der Waals surface area contributed by atoms with Crippen molar-refractivity contribution >= 4 is 41.0 Å². The molecule has 3 aliphatic rings. The van der Waals surface area contributed by atoms with Crippen molar-refractivity contribution in [3.8, 4) is 0 Å². The Morgan fingerprint density at radius 1 is 1.12 bits per heavy atom. The van der Waals surface area contributed by atoms with Crippen LogP contribution in [-0.4, -0.2) is 47.9 Å². The van der Waals surface area contributed by atoms with Crippen molar-refractivity contribution in [2.75, 3.05) is 18.5 Å². The number of piperidine rings is 1. The van der Waals surface area contributed by atoms with Crippen molar-refractivity contribution in [3.63, 3.8) is 0 Å². The molecule has 0 spiro atoms. The number of hydrogen-bond acceptors (Lipinski definition) is 5. The number of anilines is 1. The maximum absolute atomic E-state index is 12.8. The number of carbonyl (C=O) groups excluding carboxylic acids is 4. The molecule has 2 saturated heterocycles. The van der Waals surface area contributed by atoms with E-state index >= 15 is 0 Å². The van der Waals surface area contributed by atoms with Crippen LogP contribution in [0.3, 0.4) is 0 Å². The second-order valence-electron chi connectivity index (χ2n) is 8.43. The summed E-state index contributed by atoms with van der Waals surface area (Å²) in [6.45, 7) is 0.934. The van der Waals surface area contributed by atoms with Crippen molar-refractivity contribution in [2.24, 2.45) is 0 Å². The fourth-order valence-corrected chi connectivity index (χ4v) is 4.54. The van der Waals surface area contributed by atoms with E-state index in [2.05, 4.69) is 16.0 Å². The van der Waals surface area contributed by atoms with Crippen molar-refractivity contribution in [3.05, 3.63) is 64.2 Å². The quantitative estimate of drug-likeness (QED) is 0.594. The fourth-order valence-electron chi connectivity index (χ4n) is 4.42. The number of carbonyl (C=O) groups is 4. The highest BCUT2D eigenvalue weighted by atomic mass is 35.5. The van der Waals surface area contributed by atoms with Gasteiger partial charge in [0, 0.05) is 29.2 Å². The van der Waals surface area contributed by atoms with Gasteiger partial charge in [-0.1, -0.05) is 23.7 Å². The lowest BCUT2D eigenvalue weighted by molar-refractivity contribution is -0.136. The van der Waals surface area contributed by atoms with Gasteiger partial charge in [0.1, 0.15) is 11.6 Å². The first-order valence-electron chi connectivity index (χ1n) is 10.6. The molecule has 170 valence electrons. The SMILES string of the molecule is O=C1CCC(N2Cc3cc(NC(=O)NC4(c5ccc(Cl)cc5)COC4)ccc3C2=O)C(=O)N1. The molecule has 3 aliphatic heterocycles. The summed E-state index contributed by atoms with van der Waals surface area (Å²) in [7, 11) is 0. The number of amides is 5. The molecular formula is C23H21ClN4O5. The van der Waals surface area contributed by atoms with Gasteiger partial charge in [-0.2, -0.15) is 0 Å². The molecule has 3 heterocycles. The molecular weight excluding hydrogens is 448 g/mol. The van der Waals surface area contributed by atoms with Gasteiger partial charge in [0.2, 0.25) is 11.8 Å². The van der Waals surface area contributed by atoms with E-state index in [0.717, 1.165) is 5.56 Å². The highest BCUT2D eigenvalue weighted by molar-refractivity contribution is 6.30. The van der Waals surface area contributed by atoms with Gasteiger partial charge < -0.3 is 20.3 Å². The molecule has 0 bridgehead atoms. The number of ether oxygens (including phenoxy) is 1. The number of rotatable bonds is 4. The summed E-state index contributed by atoms with van der Waals surface area (Å²) in [5.74, 6) is -1.05. The lowest BCUT2D eigenvalue weighted by Crippen LogP contribution is -2.60. The summed E-state index contributed by atoms with van der Waals surface area (Å²) < 4.78 is 5.36. The number of benzene rings is 2. The summed E-state index contributed by atoms with van der Waals surface area (Å²) in [4.78, 5) is 50.6. The van der Waals surface area contributed by atoms with Crippen molar-refractivity contribution in [1.29, 1.82) is 0 Å². The van der Waals surface area contributed by atoms with Crippen LogP contribution in [0.15, 0.2) is 42.5 Å². The molecule has 9 nitrogen and oxygen atoms in total. The maximum atomic E-state index is 12.8. The monoisotopic (exact) mass is 468 g/mol. The highest BCUT2D eigenvalue weighted by Gasteiger charge is 2.42. The van der Waals surface area contributed by atoms with Crippen molar-refractivity contribution < 1.29 is 23.9 Å². The summed E-state index contributed by atoms with van der Waals surface area (Å²) in [6.07, 6.45) is 0.495. The molecule has 1 atom stereocenters. The van der Waals surface area contributed by atoms with E-state index in [0.29, 0.717) is 41.5 Å². The van der Waals surface area contributed by atoms with E-state index in [4.69, 9.17) is 16.3 Å². The molecule has 2 aromatic rings. The number of fused-ring (bicyclic) bond motifs is 1. The standard InChI is InChI=1S/C23H21ClN4O5/c24-15-3-1-14(2-4-15)23(11-33-12-23)27-22(32)25-16-5-6-17-13(9-16)10-28(21(17)31)18-7-8-19(29)26-20(18)30/h1-6,9,18H,7-8,10-12H2,(H2,25,27,32)(H,26,29,30). The van der Waals surface area contributed by atoms with Gasteiger partial charge in [-0.05, 0) is 47.9 Å². The van der Waals surface area contributed by atoms with Crippen LogP contribution in [0.25, 0.3) is 0 Å². The van der Waals surface area contributed by atoms with Crippen LogP contribution in [0.5, 0.6) is 0 Å². The molecule has 33 heavy (non-hydrogen) atoms. The average molecular weight is 469 g/mol. The molecule has 0 saturated carbocycles. The predicted octanol–water partition coefficient (Wildman–Crippen LogP) is 2.15. The van der Waals surface area contributed by atoms with Gasteiger partial charge in [-0.3, -0.25) is 19.7 Å². The largest absolute Gasteiger partial charge is 0.376 e. The first-order valence-corrected chi connectivity index (χ1v) is 10.9. The highest BCUT2D eigenvalue weighted by Crippen LogP contribution is 2.32.